The van der Waals surface area contributed by atoms with Crippen molar-refractivity contribution in [1.29, 1.82) is 0 Å². The van der Waals surface area contributed by atoms with Crippen molar-refractivity contribution < 1.29 is 4.79 Å². The number of benzene rings is 2. The highest BCUT2D eigenvalue weighted by molar-refractivity contribution is 5.91. The smallest absolute Gasteiger partial charge is 0.325 e. The number of nitrogens with zero attached hydrogens (tertiary/aromatic N) is 3. The second-order valence-corrected chi connectivity index (χ2v) is 6.85. The van der Waals surface area contributed by atoms with E-state index in [1.165, 1.54) is 10.8 Å². The van der Waals surface area contributed by atoms with E-state index in [-0.39, 0.29) is 24.5 Å². The molecule has 0 spiro atoms. The zero-order valence-electron chi connectivity index (χ0n) is 16.2. The maximum atomic E-state index is 13.1. The Balaban J connectivity index is 1.70. The van der Waals surface area contributed by atoms with Gasteiger partial charge in [-0.15, -0.1) is 0 Å². The van der Waals surface area contributed by atoms with Gasteiger partial charge in [0.1, 0.15) is 6.54 Å². The molecule has 1 amide bonds. The molecule has 150 valence electrons. The van der Waals surface area contributed by atoms with Crippen molar-refractivity contribution in [1.82, 2.24) is 14.1 Å². The second-order valence-electron chi connectivity index (χ2n) is 6.85. The molecule has 2 aromatic heterocycles. The van der Waals surface area contributed by atoms with Crippen molar-refractivity contribution >= 4 is 22.6 Å². The zero-order chi connectivity index (χ0) is 20.9. The number of aromatic nitrogens is 3. The summed E-state index contributed by atoms with van der Waals surface area (Å²) >= 11 is 0. The minimum atomic E-state index is -0.528. The van der Waals surface area contributed by atoms with E-state index in [1.54, 1.807) is 24.3 Å². The van der Waals surface area contributed by atoms with E-state index in [0.29, 0.717) is 17.6 Å². The molecule has 0 fully saturated rings. The van der Waals surface area contributed by atoms with Gasteiger partial charge in [-0.05, 0) is 36.2 Å². The van der Waals surface area contributed by atoms with Gasteiger partial charge in [-0.25, -0.2) is 9.78 Å². The van der Waals surface area contributed by atoms with Crippen LogP contribution in [0.2, 0.25) is 0 Å². The summed E-state index contributed by atoms with van der Waals surface area (Å²) in [5, 5.41) is 2.77. The van der Waals surface area contributed by atoms with Crippen molar-refractivity contribution in [3.05, 3.63) is 105 Å². The van der Waals surface area contributed by atoms with Gasteiger partial charge in [0.25, 0.3) is 5.56 Å². The van der Waals surface area contributed by atoms with Gasteiger partial charge in [0.15, 0.2) is 5.52 Å². The highest BCUT2D eigenvalue weighted by atomic mass is 16.2. The average Bonchev–Trinajstić information content (AvgIpc) is 2.78. The summed E-state index contributed by atoms with van der Waals surface area (Å²) in [6.45, 7) is -0.0178. The van der Waals surface area contributed by atoms with Crippen molar-refractivity contribution in [3.8, 4) is 0 Å². The van der Waals surface area contributed by atoms with Crippen LogP contribution in [0.4, 0.5) is 5.69 Å². The number of rotatable bonds is 6. The predicted molar refractivity (Wildman–Crippen MR) is 115 cm³/mol. The highest BCUT2D eigenvalue weighted by Crippen LogP contribution is 2.08. The van der Waals surface area contributed by atoms with Crippen LogP contribution < -0.4 is 16.6 Å². The molecule has 7 heteroatoms. The van der Waals surface area contributed by atoms with Crippen LogP contribution in [0.1, 0.15) is 5.56 Å². The number of hydrogen-bond acceptors (Lipinski definition) is 4. The molecule has 2 aromatic carbocycles. The van der Waals surface area contributed by atoms with Gasteiger partial charge in [0.2, 0.25) is 5.91 Å². The molecule has 4 aromatic rings. The van der Waals surface area contributed by atoms with E-state index < -0.39 is 11.2 Å². The lowest BCUT2D eigenvalue weighted by molar-refractivity contribution is -0.116. The first-order chi connectivity index (χ1) is 14.6. The van der Waals surface area contributed by atoms with Crippen LogP contribution in [0.25, 0.3) is 11.0 Å². The maximum absolute atomic E-state index is 13.1. The molecular formula is C23H20N4O3. The Bertz CT molecular complexity index is 1300. The Morgan fingerprint density at radius 3 is 2.30 bits per heavy atom. The number of nitrogens with one attached hydrogen (secondary N) is 1. The fraction of sp³-hybridized carbons (Fsp3) is 0.130. The van der Waals surface area contributed by atoms with Crippen LogP contribution in [0.15, 0.2) is 88.6 Å². The molecule has 2 heterocycles. The van der Waals surface area contributed by atoms with E-state index in [4.69, 9.17) is 0 Å². The lowest BCUT2D eigenvalue weighted by atomic mass is 10.1. The van der Waals surface area contributed by atoms with Crippen LogP contribution in [-0.2, 0) is 24.3 Å². The van der Waals surface area contributed by atoms with Gasteiger partial charge in [-0.3, -0.25) is 18.7 Å². The fourth-order valence-electron chi connectivity index (χ4n) is 3.34. The Morgan fingerprint density at radius 1 is 0.867 bits per heavy atom. The largest absolute Gasteiger partial charge is 0.332 e. The molecule has 0 atom stereocenters. The van der Waals surface area contributed by atoms with E-state index in [2.05, 4.69) is 10.3 Å². The molecule has 0 unspecified atom stereocenters. The molecule has 0 aliphatic rings. The predicted octanol–water partition coefficient (Wildman–Crippen LogP) is 2.44. The Morgan fingerprint density at radius 2 is 1.57 bits per heavy atom. The molecule has 7 nitrogen and oxygen atoms in total. The lowest BCUT2D eigenvalue weighted by Crippen LogP contribution is -2.42. The summed E-state index contributed by atoms with van der Waals surface area (Å²) in [6.07, 6.45) is 2.02. The number of hydrogen-bond donors (Lipinski definition) is 1. The fourth-order valence-corrected chi connectivity index (χ4v) is 3.34. The summed E-state index contributed by atoms with van der Waals surface area (Å²) in [4.78, 5) is 42.8. The molecule has 0 saturated carbocycles. The number of amides is 1. The van der Waals surface area contributed by atoms with Gasteiger partial charge in [0.05, 0.1) is 5.52 Å². The highest BCUT2D eigenvalue weighted by Gasteiger charge is 2.16. The van der Waals surface area contributed by atoms with Crippen LogP contribution in [0.5, 0.6) is 0 Å². The molecule has 0 bridgehead atoms. The molecule has 0 radical (unpaired) electrons. The molecule has 30 heavy (non-hydrogen) atoms. The van der Waals surface area contributed by atoms with Gasteiger partial charge in [0, 0.05) is 18.4 Å². The van der Waals surface area contributed by atoms with E-state index in [9.17, 15) is 14.4 Å². The lowest BCUT2D eigenvalue weighted by Gasteiger charge is -2.14. The van der Waals surface area contributed by atoms with E-state index >= 15 is 0 Å². The monoisotopic (exact) mass is 400 g/mol. The minimum Gasteiger partial charge on any atom is -0.325 e. The van der Waals surface area contributed by atoms with Gasteiger partial charge >= 0.3 is 5.69 Å². The summed E-state index contributed by atoms with van der Waals surface area (Å²) in [5.74, 6) is -0.360. The average molecular weight is 400 g/mol. The number of para-hydroxylation sites is 1. The van der Waals surface area contributed by atoms with Gasteiger partial charge in [-0.2, -0.15) is 0 Å². The van der Waals surface area contributed by atoms with Crippen molar-refractivity contribution in [2.24, 2.45) is 0 Å². The molecule has 4 rings (SSSR count). The molecule has 1 N–H and O–H groups in total. The molecule has 0 aliphatic heterocycles. The van der Waals surface area contributed by atoms with Crippen molar-refractivity contribution in [3.63, 3.8) is 0 Å². The van der Waals surface area contributed by atoms with Crippen molar-refractivity contribution in [2.75, 3.05) is 5.32 Å². The summed E-state index contributed by atoms with van der Waals surface area (Å²) in [6, 6.07) is 21.9. The maximum Gasteiger partial charge on any atom is 0.332 e. The topological polar surface area (TPSA) is 86.0 Å². The first-order valence-electron chi connectivity index (χ1n) is 9.60. The van der Waals surface area contributed by atoms with Gasteiger partial charge < -0.3 is 5.32 Å². The van der Waals surface area contributed by atoms with E-state index in [0.717, 1.165) is 10.1 Å². The number of aryl methyl sites for hydroxylation is 1. The summed E-state index contributed by atoms with van der Waals surface area (Å²) < 4.78 is 2.45. The number of carbonyl (C=O) groups excluding carboxylic acids is 1. The number of carbonyl (C=O) groups is 1. The number of pyridine rings is 1. The van der Waals surface area contributed by atoms with E-state index in [1.807, 2.05) is 48.5 Å². The SMILES string of the molecule is O=C(Cn1c(=O)n(CCc2ccccc2)c(=O)c2ncccc21)Nc1ccccc1. The first kappa shape index (κ1) is 19.3. The van der Waals surface area contributed by atoms with Crippen LogP contribution in [-0.4, -0.2) is 20.0 Å². The normalized spacial score (nSPS) is 10.8. The third-order valence-corrected chi connectivity index (χ3v) is 4.81. The quantitative estimate of drug-likeness (QED) is 0.539. The second kappa shape index (κ2) is 8.57. The van der Waals surface area contributed by atoms with Crippen LogP contribution in [0, 0.1) is 0 Å². The third kappa shape index (κ3) is 4.05. The standard InChI is InChI=1S/C23H20N4O3/c28-20(25-18-10-5-2-6-11-18)16-27-19-12-7-14-24-21(19)22(29)26(23(27)30)15-13-17-8-3-1-4-9-17/h1-12,14H,13,15-16H2,(H,25,28). The third-order valence-electron chi connectivity index (χ3n) is 4.81. The summed E-state index contributed by atoms with van der Waals surface area (Å²) in [7, 11) is 0. The van der Waals surface area contributed by atoms with Crippen LogP contribution >= 0.6 is 0 Å². The Hall–Kier alpha value is -4.00. The molecular weight excluding hydrogens is 380 g/mol. The molecule has 0 saturated heterocycles. The Labute approximate surface area is 172 Å². The minimum absolute atomic E-state index is 0.165. The van der Waals surface area contributed by atoms with Crippen LogP contribution in [0.3, 0.4) is 0 Å². The number of anilines is 1. The zero-order valence-corrected chi connectivity index (χ0v) is 16.2. The van der Waals surface area contributed by atoms with Gasteiger partial charge in [-0.1, -0.05) is 48.5 Å². The summed E-state index contributed by atoms with van der Waals surface area (Å²) in [5.41, 5.74) is 1.17. The van der Waals surface area contributed by atoms with Crippen molar-refractivity contribution in [2.45, 2.75) is 19.5 Å². The Kier molecular flexibility index (Phi) is 5.52. The number of fused-ring (bicyclic) bond motifs is 1. The molecule has 0 aliphatic carbocycles. The first-order valence-corrected chi connectivity index (χ1v) is 9.60.